The Morgan fingerprint density at radius 1 is 1.23 bits per heavy atom. The lowest BCUT2D eigenvalue weighted by Crippen LogP contribution is -2.30. The molecule has 1 atom stereocenters. The highest BCUT2D eigenvalue weighted by molar-refractivity contribution is 5.98. The third kappa shape index (κ3) is 3.69. The van der Waals surface area contributed by atoms with E-state index in [1.165, 1.54) is 31.2 Å². The third-order valence-electron chi connectivity index (χ3n) is 3.81. The van der Waals surface area contributed by atoms with Crippen LogP contribution in [0.3, 0.4) is 0 Å². The molecule has 0 saturated carbocycles. The Morgan fingerprint density at radius 3 is 2.65 bits per heavy atom. The molecule has 3 rings (SSSR count). The van der Waals surface area contributed by atoms with E-state index >= 15 is 0 Å². The summed E-state index contributed by atoms with van der Waals surface area (Å²) in [5.41, 5.74) is 2.08. The molecule has 7 nitrogen and oxygen atoms in total. The second kappa shape index (κ2) is 7.30. The Hall–Kier alpha value is -3.29. The number of aromatic nitrogens is 3. The lowest BCUT2D eigenvalue weighted by atomic mass is 10.2. The van der Waals surface area contributed by atoms with Crippen LogP contribution < -0.4 is 5.32 Å². The van der Waals surface area contributed by atoms with Crippen LogP contribution in [0.15, 0.2) is 42.5 Å². The molecule has 0 fully saturated rings. The lowest BCUT2D eigenvalue weighted by Gasteiger charge is -2.13. The minimum absolute atomic E-state index is 0.280. The van der Waals surface area contributed by atoms with E-state index in [2.05, 4.69) is 15.6 Å². The highest BCUT2D eigenvalue weighted by atomic mass is 19.1. The van der Waals surface area contributed by atoms with Crippen molar-refractivity contribution in [3.8, 4) is 0 Å². The number of aryl methyl sites for hydroxylation is 1. The molecule has 0 radical (unpaired) electrons. The standard InChI is InChI=1S/C18H17FN4O3/c1-3-23-16-9-4-12(10-15(16)21-22-23)18(25)26-11(2)17(24)20-14-7-5-13(19)6-8-14/h4-11H,3H2,1-2H3,(H,20,24)/t11-/m1/s1. The molecule has 1 heterocycles. The molecule has 1 N–H and O–H groups in total. The fourth-order valence-electron chi connectivity index (χ4n) is 2.39. The monoisotopic (exact) mass is 356 g/mol. The van der Waals surface area contributed by atoms with E-state index < -0.39 is 23.8 Å². The SMILES string of the molecule is CCn1nnc2cc(C(=O)O[C@H](C)C(=O)Nc3ccc(F)cc3)ccc21. The number of hydrogen-bond donors (Lipinski definition) is 1. The lowest BCUT2D eigenvalue weighted by molar-refractivity contribution is -0.123. The van der Waals surface area contributed by atoms with Crippen LogP contribution in [0.4, 0.5) is 10.1 Å². The van der Waals surface area contributed by atoms with Gasteiger partial charge in [0.25, 0.3) is 5.91 Å². The van der Waals surface area contributed by atoms with E-state index in [0.29, 0.717) is 17.7 Å². The maximum atomic E-state index is 12.9. The van der Waals surface area contributed by atoms with Crippen LogP contribution in [-0.2, 0) is 16.1 Å². The largest absolute Gasteiger partial charge is 0.449 e. The van der Waals surface area contributed by atoms with Crippen molar-refractivity contribution in [3.05, 3.63) is 53.8 Å². The average molecular weight is 356 g/mol. The number of benzene rings is 2. The smallest absolute Gasteiger partial charge is 0.338 e. The number of anilines is 1. The fourth-order valence-corrected chi connectivity index (χ4v) is 2.39. The number of ether oxygens (including phenoxy) is 1. The Balaban J connectivity index is 1.66. The van der Waals surface area contributed by atoms with E-state index in [1.807, 2.05) is 6.92 Å². The zero-order valence-corrected chi connectivity index (χ0v) is 14.3. The molecule has 0 saturated heterocycles. The second-order valence-corrected chi connectivity index (χ2v) is 5.65. The normalized spacial score (nSPS) is 12.0. The molecule has 26 heavy (non-hydrogen) atoms. The van der Waals surface area contributed by atoms with Gasteiger partial charge in [0.1, 0.15) is 11.3 Å². The van der Waals surface area contributed by atoms with Crippen LogP contribution in [0, 0.1) is 5.82 Å². The van der Waals surface area contributed by atoms with Gasteiger partial charge in [0, 0.05) is 12.2 Å². The molecule has 0 aliphatic heterocycles. The molecule has 0 aliphatic rings. The van der Waals surface area contributed by atoms with Crippen LogP contribution in [0.25, 0.3) is 11.0 Å². The van der Waals surface area contributed by atoms with Crippen molar-refractivity contribution < 1.29 is 18.7 Å². The number of carbonyl (C=O) groups is 2. The molecule has 1 aromatic heterocycles. The Labute approximate surface area is 148 Å². The van der Waals surface area contributed by atoms with Gasteiger partial charge in [0.05, 0.1) is 11.1 Å². The number of rotatable bonds is 5. The third-order valence-corrected chi connectivity index (χ3v) is 3.81. The summed E-state index contributed by atoms with van der Waals surface area (Å²) >= 11 is 0. The topological polar surface area (TPSA) is 86.1 Å². The molecule has 134 valence electrons. The number of hydrogen-bond acceptors (Lipinski definition) is 5. The van der Waals surface area contributed by atoms with Gasteiger partial charge in [-0.1, -0.05) is 5.21 Å². The Bertz CT molecular complexity index is 953. The van der Waals surface area contributed by atoms with Gasteiger partial charge in [-0.25, -0.2) is 13.9 Å². The molecule has 1 amide bonds. The van der Waals surface area contributed by atoms with Crippen molar-refractivity contribution in [2.75, 3.05) is 5.32 Å². The summed E-state index contributed by atoms with van der Waals surface area (Å²) in [5, 5.41) is 10.5. The number of halogens is 1. The molecule has 0 unspecified atom stereocenters. The van der Waals surface area contributed by atoms with Crippen LogP contribution in [0.5, 0.6) is 0 Å². The zero-order chi connectivity index (χ0) is 18.7. The first-order valence-electron chi connectivity index (χ1n) is 8.08. The molecular formula is C18H17FN4O3. The number of fused-ring (bicyclic) bond motifs is 1. The first-order valence-corrected chi connectivity index (χ1v) is 8.08. The van der Waals surface area contributed by atoms with Crippen LogP contribution in [0.1, 0.15) is 24.2 Å². The van der Waals surface area contributed by atoms with Crippen molar-refractivity contribution >= 4 is 28.6 Å². The highest BCUT2D eigenvalue weighted by Crippen LogP contribution is 2.15. The van der Waals surface area contributed by atoms with E-state index in [1.54, 1.807) is 22.9 Å². The summed E-state index contributed by atoms with van der Waals surface area (Å²) < 4.78 is 19.8. The summed E-state index contributed by atoms with van der Waals surface area (Å²) in [5.74, 6) is -1.56. The van der Waals surface area contributed by atoms with Gasteiger partial charge in [-0.15, -0.1) is 5.10 Å². The molecule has 0 bridgehead atoms. The van der Waals surface area contributed by atoms with Crippen LogP contribution >= 0.6 is 0 Å². The minimum Gasteiger partial charge on any atom is -0.449 e. The molecule has 2 aromatic carbocycles. The van der Waals surface area contributed by atoms with Gasteiger partial charge in [-0.3, -0.25) is 4.79 Å². The summed E-state index contributed by atoms with van der Waals surface area (Å²) in [6.07, 6.45) is -1.02. The fraction of sp³-hybridized carbons (Fsp3) is 0.222. The summed E-state index contributed by atoms with van der Waals surface area (Å²) in [6.45, 7) is 4.07. The van der Waals surface area contributed by atoms with Gasteiger partial charge in [0.15, 0.2) is 6.10 Å². The molecular weight excluding hydrogens is 339 g/mol. The minimum atomic E-state index is -1.02. The number of amides is 1. The number of carbonyl (C=O) groups excluding carboxylic acids is 2. The highest BCUT2D eigenvalue weighted by Gasteiger charge is 2.20. The molecule has 3 aromatic rings. The molecule has 0 aliphatic carbocycles. The number of nitrogens with one attached hydrogen (secondary N) is 1. The predicted molar refractivity (Wildman–Crippen MR) is 93.1 cm³/mol. The van der Waals surface area contributed by atoms with Gasteiger partial charge >= 0.3 is 5.97 Å². The number of esters is 1. The van der Waals surface area contributed by atoms with Gasteiger partial charge in [-0.2, -0.15) is 0 Å². The predicted octanol–water partition coefficient (Wildman–Crippen LogP) is 2.77. The first-order chi connectivity index (χ1) is 12.5. The van der Waals surface area contributed by atoms with Crippen LogP contribution in [0.2, 0.25) is 0 Å². The van der Waals surface area contributed by atoms with E-state index in [9.17, 15) is 14.0 Å². The Kier molecular flexibility index (Phi) is 4.92. The van der Waals surface area contributed by atoms with Gasteiger partial charge in [-0.05, 0) is 56.3 Å². The first kappa shape index (κ1) is 17.5. The van der Waals surface area contributed by atoms with Crippen molar-refractivity contribution in [3.63, 3.8) is 0 Å². The maximum Gasteiger partial charge on any atom is 0.338 e. The second-order valence-electron chi connectivity index (χ2n) is 5.65. The Morgan fingerprint density at radius 2 is 1.96 bits per heavy atom. The van der Waals surface area contributed by atoms with Crippen molar-refractivity contribution in [2.24, 2.45) is 0 Å². The van der Waals surface area contributed by atoms with E-state index in [0.717, 1.165) is 5.52 Å². The van der Waals surface area contributed by atoms with Crippen molar-refractivity contribution in [2.45, 2.75) is 26.5 Å². The van der Waals surface area contributed by atoms with Gasteiger partial charge in [0.2, 0.25) is 0 Å². The van der Waals surface area contributed by atoms with Gasteiger partial charge < -0.3 is 10.1 Å². The molecule has 0 spiro atoms. The summed E-state index contributed by atoms with van der Waals surface area (Å²) in [6, 6.07) is 10.2. The van der Waals surface area contributed by atoms with Crippen molar-refractivity contribution in [1.29, 1.82) is 0 Å². The van der Waals surface area contributed by atoms with E-state index in [-0.39, 0.29) is 5.56 Å². The quantitative estimate of drug-likeness (QED) is 0.711. The van der Waals surface area contributed by atoms with E-state index in [4.69, 9.17) is 4.74 Å². The average Bonchev–Trinajstić information content (AvgIpc) is 3.05. The zero-order valence-electron chi connectivity index (χ0n) is 14.3. The summed E-state index contributed by atoms with van der Waals surface area (Å²) in [4.78, 5) is 24.4. The van der Waals surface area contributed by atoms with Crippen LogP contribution in [-0.4, -0.2) is 33.0 Å². The van der Waals surface area contributed by atoms with Crippen molar-refractivity contribution in [1.82, 2.24) is 15.0 Å². The maximum absolute atomic E-state index is 12.9. The summed E-state index contributed by atoms with van der Waals surface area (Å²) in [7, 11) is 0. The number of nitrogens with zero attached hydrogens (tertiary/aromatic N) is 3. The molecule has 8 heteroatoms.